The maximum absolute atomic E-state index is 11.5. The van der Waals surface area contributed by atoms with Crippen LogP contribution in [0.25, 0.3) is 0 Å². The van der Waals surface area contributed by atoms with Crippen LogP contribution in [0.4, 0.5) is 0 Å². The minimum absolute atomic E-state index is 0.241. The quantitative estimate of drug-likeness (QED) is 0.456. The second kappa shape index (κ2) is 8.58. The van der Waals surface area contributed by atoms with Crippen molar-refractivity contribution < 1.29 is 42.9 Å². The van der Waals surface area contributed by atoms with Gasteiger partial charge in [-0.3, -0.25) is 14.4 Å². The minimum atomic E-state index is -1.11. The summed E-state index contributed by atoms with van der Waals surface area (Å²) >= 11 is 0. The number of hydrogen-bond donors (Lipinski definition) is 0. The van der Waals surface area contributed by atoms with Crippen LogP contribution in [0.5, 0.6) is 0 Å². The van der Waals surface area contributed by atoms with Crippen LogP contribution in [0.2, 0.25) is 0 Å². The highest BCUT2D eigenvalue weighted by Gasteiger charge is 2.51. The van der Waals surface area contributed by atoms with Gasteiger partial charge in [0.05, 0.1) is 7.11 Å². The lowest BCUT2D eigenvalue weighted by Crippen LogP contribution is -2.40. The van der Waals surface area contributed by atoms with Gasteiger partial charge in [-0.05, 0) is 0 Å². The first-order valence-corrected chi connectivity index (χ1v) is 7.85. The van der Waals surface area contributed by atoms with Gasteiger partial charge in [-0.1, -0.05) is 0 Å². The molecule has 1 aliphatic heterocycles. The number of nitrogens with zero attached hydrogens (tertiary/aromatic N) is 3. The van der Waals surface area contributed by atoms with E-state index in [2.05, 4.69) is 14.8 Å². The fourth-order valence-electron chi connectivity index (χ4n) is 2.49. The second-order valence-electron chi connectivity index (χ2n) is 5.56. The van der Waals surface area contributed by atoms with E-state index >= 15 is 0 Å². The largest absolute Gasteiger partial charge is 0.463 e. The van der Waals surface area contributed by atoms with Gasteiger partial charge in [-0.25, -0.2) is 14.5 Å². The zero-order valence-electron chi connectivity index (χ0n) is 15.1. The molecule has 0 bridgehead atoms. The third kappa shape index (κ3) is 5.00. The lowest BCUT2D eigenvalue weighted by molar-refractivity contribution is -0.166. The van der Waals surface area contributed by atoms with E-state index in [-0.39, 0.29) is 12.4 Å². The van der Waals surface area contributed by atoms with Crippen molar-refractivity contribution in [1.82, 2.24) is 14.8 Å². The first kappa shape index (κ1) is 20.3. The molecule has 148 valence electrons. The highest BCUT2D eigenvalue weighted by molar-refractivity contribution is 5.84. The summed E-state index contributed by atoms with van der Waals surface area (Å²) in [6.07, 6.45) is -3.02. The SMILES string of the molecule is COC(=O)c1ncn([C@@H]2O[C@@H](COC(C)=O)[C@H](OC(C)=O)[C@@H]2OC(C)=O)n1. The van der Waals surface area contributed by atoms with Crippen molar-refractivity contribution in [1.29, 1.82) is 0 Å². The molecule has 1 aliphatic rings. The first-order valence-electron chi connectivity index (χ1n) is 7.85. The van der Waals surface area contributed by atoms with Crippen LogP contribution in [-0.4, -0.2) is 70.7 Å². The van der Waals surface area contributed by atoms with Crippen LogP contribution in [-0.2, 0) is 38.1 Å². The summed E-state index contributed by atoms with van der Waals surface area (Å²) < 4.78 is 26.8. The number of esters is 4. The van der Waals surface area contributed by atoms with E-state index in [1.165, 1.54) is 34.2 Å². The number of hydrogen-bond acceptors (Lipinski definition) is 11. The van der Waals surface area contributed by atoms with Crippen molar-refractivity contribution >= 4 is 23.9 Å². The third-order valence-corrected chi connectivity index (χ3v) is 3.48. The number of aromatic nitrogens is 3. The van der Waals surface area contributed by atoms with E-state index < -0.39 is 48.4 Å². The van der Waals surface area contributed by atoms with Crippen LogP contribution < -0.4 is 0 Å². The van der Waals surface area contributed by atoms with Gasteiger partial charge in [-0.15, -0.1) is 5.10 Å². The Labute approximate surface area is 153 Å². The predicted molar refractivity (Wildman–Crippen MR) is 83.0 cm³/mol. The topological polar surface area (TPSA) is 145 Å². The Bertz CT molecular complexity index is 732. The van der Waals surface area contributed by atoms with Crippen LogP contribution in [0.3, 0.4) is 0 Å². The smallest absolute Gasteiger partial charge is 0.377 e. The van der Waals surface area contributed by atoms with Crippen molar-refractivity contribution in [3.05, 3.63) is 12.2 Å². The van der Waals surface area contributed by atoms with Crippen molar-refractivity contribution in [3.8, 4) is 0 Å². The molecular formula is C15H19N3O9. The van der Waals surface area contributed by atoms with Crippen LogP contribution in [0, 0.1) is 0 Å². The number of carbonyl (C=O) groups excluding carboxylic acids is 4. The lowest BCUT2D eigenvalue weighted by atomic mass is 10.1. The summed E-state index contributed by atoms with van der Waals surface area (Å²) in [4.78, 5) is 49.4. The lowest BCUT2D eigenvalue weighted by Gasteiger charge is -2.23. The fraction of sp³-hybridized carbons (Fsp3) is 0.600. The van der Waals surface area contributed by atoms with E-state index in [0.29, 0.717) is 0 Å². The van der Waals surface area contributed by atoms with E-state index in [1.54, 1.807) is 0 Å². The number of carbonyl (C=O) groups is 4. The van der Waals surface area contributed by atoms with Gasteiger partial charge in [0.1, 0.15) is 19.0 Å². The van der Waals surface area contributed by atoms with Crippen molar-refractivity contribution in [3.63, 3.8) is 0 Å². The molecule has 0 aliphatic carbocycles. The molecule has 2 rings (SSSR count). The predicted octanol–water partition coefficient (Wildman–Crippen LogP) is -0.611. The molecule has 1 aromatic heterocycles. The second-order valence-corrected chi connectivity index (χ2v) is 5.56. The first-order chi connectivity index (χ1) is 12.7. The molecule has 27 heavy (non-hydrogen) atoms. The van der Waals surface area contributed by atoms with Gasteiger partial charge < -0.3 is 23.7 Å². The number of methoxy groups -OCH3 is 1. The van der Waals surface area contributed by atoms with E-state index in [4.69, 9.17) is 18.9 Å². The summed E-state index contributed by atoms with van der Waals surface area (Å²) in [6.45, 7) is 3.30. The van der Waals surface area contributed by atoms with Gasteiger partial charge in [0.15, 0.2) is 18.4 Å². The summed E-state index contributed by atoms with van der Waals surface area (Å²) in [5.74, 6) is -2.89. The maximum atomic E-state index is 11.5. The molecule has 2 heterocycles. The number of ether oxygens (including phenoxy) is 5. The molecule has 0 radical (unpaired) electrons. The Kier molecular flexibility index (Phi) is 6.45. The zero-order valence-corrected chi connectivity index (χ0v) is 15.1. The van der Waals surface area contributed by atoms with Crippen molar-refractivity contribution in [2.45, 2.75) is 45.3 Å². The van der Waals surface area contributed by atoms with E-state index in [0.717, 1.165) is 4.68 Å². The van der Waals surface area contributed by atoms with Crippen LogP contribution in [0.15, 0.2) is 6.33 Å². The summed E-state index contributed by atoms with van der Waals surface area (Å²) in [5, 5.41) is 3.93. The Balaban J connectivity index is 2.33. The molecule has 0 N–H and O–H groups in total. The van der Waals surface area contributed by atoms with Gasteiger partial charge in [0.25, 0.3) is 5.82 Å². The Morgan fingerprint density at radius 2 is 1.70 bits per heavy atom. The Hall–Kier alpha value is -3.02. The van der Waals surface area contributed by atoms with Crippen molar-refractivity contribution in [2.24, 2.45) is 0 Å². The van der Waals surface area contributed by atoms with Crippen molar-refractivity contribution in [2.75, 3.05) is 13.7 Å². The number of rotatable bonds is 6. The Morgan fingerprint density at radius 1 is 1.07 bits per heavy atom. The molecule has 4 atom stereocenters. The molecule has 0 aromatic carbocycles. The minimum Gasteiger partial charge on any atom is -0.463 e. The molecule has 1 aromatic rings. The standard InChI is InChI=1S/C15H19N3O9/c1-7(19)24-5-10-11(25-8(2)20)12(26-9(3)21)14(27-10)18-6-16-13(17-18)15(22)23-4/h6,10-12,14H,5H2,1-4H3/t10-,11-,12-,14+/m0/s1. The average Bonchev–Trinajstić information content (AvgIpc) is 3.18. The molecule has 0 unspecified atom stereocenters. The fourth-order valence-corrected chi connectivity index (χ4v) is 2.49. The normalized spacial score (nSPS) is 24.1. The Morgan fingerprint density at radius 3 is 2.26 bits per heavy atom. The zero-order chi connectivity index (χ0) is 20.1. The summed E-state index contributed by atoms with van der Waals surface area (Å²) in [6, 6.07) is 0. The summed E-state index contributed by atoms with van der Waals surface area (Å²) in [5.41, 5.74) is 0. The average molecular weight is 385 g/mol. The molecule has 12 heteroatoms. The molecule has 0 spiro atoms. The highest BCUT2D eigenvalue weighted by atomic mass is 16.7. The van der Waals surface area contributed by atoms with Gasteiger partial charge in [0.2, 0.25) is 0 Å². The van der Waals surface area contributed by atoms with Gasteiger partial charge in [-0.2, -0.15) is 0 Å². The summed E-state index contributed by atoms with van der Waals surface area (Å²) in [7, 11) is 1.17. The molecule has 0 saturated carbocycles. The molecule has 1 saturated heterocycles. The maximum Gasteiger partial charge on any atom is 0.377 e. The molecule has 1 fully saturated rings. The highest BCUT2D eigenvalue weighted by Crippen LogP contribution is 2.34. The molecular weight excluding hydrogens is 366 g/mol. The third-order valence-electron chi connectivity index (χ3n) is 3.48. The van der Waals surface area contributed by atoms with Gasteiger partial charge in [0, 0.05) is 20.8 Å². The van der Waals surface area contributed by atoms with Crippen LogP contribution in [0.1, 0.15) is 37.6 Å². The van der Waals surface area contributed by atoms with Gasteiger partial charge >= 0.3 is 23.9 Å². The van der Waals surface area contributed by atoms with Crippen LogP contribution >= 0.6 is 0 Å². The van der Waals surface area contributed by atoms with E-state index in [9.17, 15) is 19.2 Å². The monoisotopic (exact) mass is 385 g/mol. The molecule has 0 amide bonds. The molecule has 12 nitrogen and oxygen atoms in total. The van der Waals surface area contributed by atoms with E-state index in [1.807, 2.05) is 0 Å².